The van der Waals surface area contributed by atoms with E-state index in [1.54, 1.807) is 11.6 Å². The second kappa shape index (κ2) is 6.33. The van der Waals surface area contributed by atoms with E-state index in [9.17, 15) is 18.0 Å². The van der Waals surface area contributed by atoms with Gasteiger partial charge in [0.15, 0.2) is 0 Å². The minimum atomic E-state index is -4.36. The first kappa shape index (κ1) is 17.4. The van der Waals surface area contributed by atoms with Gasteiger partial charge in [0, 0.05) is 6.07 Å². The number of hydrogen-bond acceptors (Lipinski definition) is 4. The lowest BCUT2D eigenvalue weighted by molar-refractivity contribution is -0.137. The average molecular weight is 375 g/mol. The Morgan fingerprint density at radius 2 is 1.96 bits per heavy atom. The highest BCUT2D eigenvalue weighted by atomic mass is 19.4. The average Bonchev–Trinajstić information content (AvgIpc) is 3.04. The Morgan fingerprint density at radius 1 is 1.22 bits per heavy atom. The number of nitrogens with one attached hydrogen (secondary N) is 1. The van der Waals surface area contributed by atoms with Crippen LogP contribution in [0.1, 0.15) is 41.5 Å². The third-order valence-corrected chi connectivity index (χ3v) is 4.70. The third kappa shape index (κ3) is 3.24. The van der Waals surface area contributed by atoms with E-state index in [0.717, 1.165) is 36.2 Å². The molecule has 0 fully saturated rings. The summed E-state index contributed by atoms with van der Waals surface area (Å²) >= 11 is 0. The van der Waals surface area contributed by atoms with Crippen molar-refractivity contribution < 1.29 is 13.2 Å². The Labute approximate surface area is 152 Å². The van der Waals surface area contributed by atoms with Crippen LogP contribution in [-0.4, -0.2) is 25.0 Å². The third-order valence-electron chi connectivity index (χ3n) is 4.70. The van der Waals surface area contributed by atoms with Gasteiger partial charge in [-0.25, -0.2) is 9.67 Å². The molecule has 3 aromatic rings. The van der Waals surface area contributed by atoms with Gasteiger partial charge in [-0.05, 0) is 43.9 Å². The van der Waals surface area contributed by atoms with E-state index in [4.69, 9.17) is 0 Å². The van der Waals surface area contributed by atoms with Crippen molar-refractivity contribution in [2.45, 2.75) is 38.4 Å². The number of aromatic nitrogens is 5. The van der Waals surface area contributed by atoms with Gasteiger partial charge >= 0.3 is 6.18 Å². The van der Waals surface area contributed by atoms with Crippen LogP contribution in [0.5, 0.6) is 0 Å². The molecule has 1 N–H and O–H groups in total. The number of hydrogen-bond donors (Lipinski definition) is 1. The highest BCUT2D eigenvalue weighted by Crippen LogP contribution is 2.35. The van der Waals surface area contributed by atoms with Crippen LogP contribution in [0.15, 0.2) is 35.1 Å². The number of rotatable bonds is 2. The predicted molar refractivity (Wildman–Crippen MR) is 91.1 cm³/mol. The first-order valence-electron chi connectivity index (χ1n) is 8.52. The first-order chi connectivity index (χ1) is 12.8. The molecule has 0 amide bonds. The Bertz CT molecular complexity index is 1040. The lowest BCUT2D eigenvalue weighted by Crippen LogP contribution is -2.20. The fourth-order valence-corrected chi connectivity index (χ4v) is 3.48. The van der Waals surface area contributed by atoms with E-state index in [-0.39, 0.29) is 11.6 Å². The molecule has 140 valence electrons. The molecule has 9 heteroatoms. The number of aryl methyl sites for hydroxylation is 1. The van der Waals surface area contributed by atoms with E-state index in [1.165, 1.54) is 18.2 Å². The quantitative estimate of drug-likeness (QED) is 0.746. The normalized spacial score (nSPS) is 17.0. The number of nitrogens with zero attached hydrogens (tertiary/aromatic N) is 4. The van der Waals surface area contributed by atoms with Crippen LogP contribution in [0, 0.1) is 6.92 Å². The molecular formula is C18H16F3N5O. The van der Waals surface area contributed by atoms with E-state index in [1.807, 2.05) is 0 Å². The molecule has 1 aliphatic rings. The number of fused-ring (bicyclic) bond motifs is 1. The van der Waals surface area contributed by atoms with Crippen molar-refractivity contribution >= 4 is 0 Å². The maximum absolute atomic E-state index is 12.8. The Balaban J connectivity index is 1.73. The summed E-state index contributed by atoms with van der Waals surface area (Å²) in [5.41, 5.74) is 1.63. The Morgan fingerprint density at radius 3 is 2.63 bits per heavy atom. The minimum Gasteiger partial charge on any atom is -0.311 e. The highest BCUT2D eigenvalue weighted by molar-refractivity contribution is 5.56. The molecule has 1 atom stereocenters. The van der Waals surface area contributed by atoms with Crippen LogP contribution in [0.2, 0.25) is 0 Å². The van der Waals surface area contributed by atoms with E-state index in [0.29, 0.717) is 23.6 Å². The SMILES string of the molecule is Cc1nc(-c2nnn3c2CCC[C@H]3c2ccc(C(F)(F)F)cc2)cc(=O)[nH]1. The summed E-state index contributed by atoms with van der Waals surface area (Å²) < 4.78 is 40.1. The zero-order chi connectivity index (χ0) is 19.2. The van der Waals surface area contributed by atoms with Crippen LogP contribution >= 0.6 is 0 Å². The summed E-state index contributed by atoms with van der Waals surface area (Å²) in [5.74, 6) is 0.481. The summed E-state index contributed by atoms with van der Waals surface area (Å²) in [6.07, 6.45) is -2.05. The van der Waals surface area contributed by atoms with Gasteiger partial charge < -0.3 is 4.98 Å². The zero-order valence-electron chi connectivity index (χ0n) is 14.4. The monoisotopic (exact) mass is 375 g/mol. The molecule has 0 spiro atoms. The largest absolute Gasteiger partial charge is 0.416 e. The predicted octanol–water partition coefficient (Wildman–Crippen LogP) is 3.28. The van der Waals surface area contributed by atoms with Crippen molar-refractivity contribution in [3.05, 3.63) is 63.3 Å². The van der Waals surface area contributed by atoms with Crippen molar-refractivity contribution in [2.24, 2.45) is 0 Å². The summed E-state index contributed by atoms with van der Waals surface area (Å²) in [5, 5.41) is 8.41. The zero-order valence-corrected chi connectivity index (χ0v) is 14.4. The molecule has 1 aromatic carbocycles. The molecule has 0 aliphatic carbocycles. The number of benzene rings is 1. The Kier molecular flexibility index (Phi) is 4.09. The number of aromatic amines is 1. The van der Waals surface area contributed by atoms with E-state index in [2.05, 4.69) is 20.3 Å². The molecular weight excluding hydrogens is 359 g/mol. The van der Waals surface area contributed by atoms with E-state index >= 15 is 0 Å². The lowest BCUT2D eigenvalue weighted by atomic mass is 9.95. The lowest BCUT2D eigenvalue weighted by Gasteiger charge is -2.24. The fraction of sp³-hybridized carbons (Fsp3) is 0.333. The molecule has 6 nitrogen and oxygen atoms in total. The summed E-state index contributed by atoms with van der Waals surface area (Å²) in [6.45, 7) is 1.69. The molecule has 2 aromatic heterocycles. The van der Waals surface area contributed by atoms with Gasteiger partial charge in [-0.15, -0.1) is 5.10 Å². The van der Waals surface area contributed by atoms with Gasteiger partial charge in [0.25, 0.3) is 5.56 Å². The van der Waals surface area contributed by atoms with Gasteiger partial charge in [0.05, 0.1) is 17.3 Å². The van der Waals surface area contributed by atoms with Crippen molar-refractivity contribution in [3.63, 3.8) is 0 Å². The smallest absolute Gasteiger partial charge is 0.311 e. The molecule has 3 heterocycles. The van der Waals surface area contributed by atoms with Crippen LogP contribution < -0.4 is 5.56 Å². The van der Waals surface area contributed by atoms with Crippen LogP contribution in [0.3, 0.4) is 0 Å². The molecule has 0 saturated carbocycles. The standard InChI is InChI=1S/C18H16F3N5O/c1-10-22-13(9-16(27)23-10)17-15-4-2-3-14(26(15)25-24-17)11-5-7-12(8-6-11)18(19,20)21/h5-9,14H,2-4H2,1H3,(H,22,23,27)/t14-/m0/s1. The molecule has 27 heavy (non-hydrogen) atoms. The molecule has 0 saturated heterocycles. The van der Waals surface area contributed by atoms with Gasteiger partial charge in [0.2, 0.25) is 0 Å². The highest BCUT2D eigenvalue weighted by Gasteiger charge is 2.31. The maximum atomic E-state index is 12.8. The maximum Gasteiger partial charge on any atom is 0.416 e. The summed E-state index contributed by atoms with van der Waals surface area (Å²) in [4.78, 5) is 18.6. The van der Waals surface area contributed by atoms with Crippen molar-refractivity contribution in [2.75, 3.05) is 0 Å². The Hall–Kier alpha value is -2.97. The van der Waals surface area contributed by atoms with Gasteiger partial charge in [0.1, 0.15) is 17.2 Å². The summed E-state index contributed by atoms with van der Waals surface area (Å²) in [7, 11) is 0. The summed E-state index contributed by atoms with van der Waals surface area (Å²) in [6, 6.07) is 6.32. The topological polar surface area (TPSA) is 76.5 Å². The number of H-pyrrole nitrogens is 1. The van der Waals surface area contributed by atoms with Gasteiger partial charge in [-0.1, -0.05) is 17.3 Å². The van der Waals surface area contributed by atoms with Gasteiger partial charge in [-0.2, -0.15) is 13.2 Å². The number of alkyl halides is 3. The van der Waals surface area contributed by atoms with Gasteiger partial charge in [-0.3, -0.25) is 4.79 Å². The molecule has 1 aliphatic heterocycles. The molecule has 0 unspecified atom stereocenters. The molecule has 4 rings (SSSR count). The first-order valence-corrected chi connectivity index (χ1v) is 8.52. The van der Waals surface area contributed by atoms with Crippen molar-refractivity contribution in [1.29, 1.82) is 0 Å². The van der Waals surface area contributed by atoms with Crippen molar-refractivity contribution in [3.8, 4) is 11.4 Å². The minimum absolute atomic E-state index is 0.194. The number of halogens is 3. The second-order valence-electron chi connectivity index (χ2n) is 6.57. The van der Waals surface area contributed by atoms with Crippen LogP contribution in [0.25, 0.3) is 11.4 Å². The van der Waals surface area contributed by atoms with Crippen LogP contribution in [0.4, 0.5) is 13.2 Å². The van der Waals surface area contributed by atoms with E-state index < -0.39 is 11.7 Å². The molecule has 0 radical (unpaired) electrons. The van der Waals surface area contributed by atoms with Crippen LogP contribution in [-0.2, 0) is 12.6 Å². The fourth-order valence-electron chi connectivity index (χ4n) is 3.48. The molecule has 0 bridgehead atoms. The van der Waals surface area contributed by atoms with Crippen molar-refractivity contribution in [1.82, 2.24) is 25.0 Å². The second-order valence-corrected chi connectivity index (χ2v) is 6.57.